The Labute approximate surface area is 203 Å². The number of carboxylic acids is 1. The zero-order valence-corrected chi connectivity index (χ0v) is 20.3. The number of aliphatic carboxylic acids is 1. The van der Waals surface area contributed by atoms with Crippen LogP contribution >= 0.6 is 11.6 Å². The van der Waals surface area contributed by atoms with Gasteiger partial charge in [0.05, 0.1) is 31.4 Å². The summed E-state index contributed by atoms with van der Waals surface area (Å²) in [4.78, 5) is 36.5. The van der Waals surface area contributed by atoms with E-state index in [1.807, 2.05) is 32.0 Å². The second kappa shape index (κ2) is 11.2. The van der Waals surface area contributed by atoms with Crippen molar-refractivity contribution in [2.45, 2.75) is 39.7 Å². The van der Waals surface area contributed by atoms with Crippen LogP contribution in [0.5, 0.6) is 11.5 Å². The van der Waals surface area contributed by atoms with Crippen LogP contribution in [0.15, 0.2) is 30.3 Å². The third kappa shape index (κ3) is 6.20. The Morgan fingerprint density at radius 3 is 2.56 bits per heavy atom. The van der Waals surface area contributed by atoms with Crippen LogP contribution in [0.2, 0.25) is 5.02 Å². The summed E-state index contributed by atoms with van der Waals surface area (Å²) >= 11 is 6.14. The molecule has 0 unspecified atom stereocenters. The molecule has 9 heteroatoms. The van der Waals surface area contributed by atoms with Gasteiger partial charge in [-0.05, 0) is 56.5 Å². The van der Waals surface area contributed by atoms with Crippen LogP contribution in [-0.4, -0.2) is 48.1 Å². The molecule has 2 amide bonds. The summed E-state index contributed by atoms with van der Waals surface area (Å²) in [6, 6.07) is 9.17. The maximum Gasteiger partial charge on any atom is 0.305 e. The fourth-order valence-electron chi connectivity index (χ4n) is 3.59. The number of fused-ring (bicyclic) bond motifs is 1. The second-order valence-electron chi connectivity index (χ2n) is 8.17. The molecule has 8 nitrogen and oxygen atoms in total. The molecule has 2 aromatic carbocycles. The van der Waals surface area contributed by atoms with Gasteiger partial charge < -0.3 is 24.8 Å². The van der Waals surface area contributed by atoms with Gasteiger partial charge in [-0.15, -0.1) is 0 Å². The molecule has 34 heavy (non-hydrogen) atoms. The van der Waals surface area contributed by atoms with E-state index in [9.17, 15) is 14.4 Å². The number of carboxylic acid groups (broad SMARTS) is 1. The highest BCUT2D eigenvalue weighted by Crippen LogP contribution is 2.36. The minimum Gasteiger partial charge on any atom is -0.493 e. The van der Waals surface area contributed by atoms with E-state index in [1.54, 1.807) is 19.2 Å². The number of hydrogen-bond donors (Lipinski definition) is 2. The van der Waals surface area contributed by atoms with E-state index in [0.717, 1.165) is 24.3 Å². The van der Waals surface area contributed by atoms with Crippen molar-refractivity contribution in [3.63, 3.8) is 0 Å². The van der Waals surface area contributed by atoms with Gasteiger partial charge in [0.15, 0.2) is 11.5 Å². The normalized spacial score (nSPS) is 14.1. The minimum absolute atomic E-state index is 0.0333. The van der Waals surface area contributed by atoms with Crippen molar-refractivity contribution in [3.8, 4) is 11.5 Å². The van der Waals surface area contributed by atoms with E-state index < -0.39 is 5.97 Å². The fraction of sp³-hybridized carbons (Fsp3) is 0.400. The molecule has 0 spiro atoms. The lowest BCUT2D eigenvalue weighted by atomic mass is 10.1. The van der Waals surface area contributed by atoms with E-state index in [0.29, 0.717) is 28.4 Å². The molecule has 4 rings (SSSR count). The first kappa shape index (κ1) is 25.4. The van der Waals surface area contributed by atoms with Crippen LogP contribution in [0.3, 0.4) is 0 Å². The minimum atomic E-state index is -0.961. The highest BCUT2D eigenvalue weighted by Gasteiger charge is 2.34. The quantitative estimate of drug-likeness (QED) is 0.566. The number of halogens is 1. The van der Waals surface area contributed by atoms with Gasteiger partial charge in [0.25, 0.3) is 5.91 Å². The standard InChI is InChI=1S/C15H15ClN2O4.C10H14O2/c16-10-3-4-11(17-14(21)8-1-2-8)13-9(10)7-18(15(13)22)6-5-12(19)20;1-4-12-10-7-8(2)5-6-9(10)11-3/h3-4,8H,1-2,5-7H2,(H,17,21)(H,19,20);5-7H,4H2,1-3H3. The number of methoxy groups -OCH3 is 1. The molecule has 1 heterocycles. The van der Waals surface area contributed by atoms with Crippen molar-refractivity contribution < 1.29 is 29.0 Å². The van der Waals surface area contributed by atoms with Crippen molar-refractivity contribution >= 4 is 35.1 Å². The number of benzene rings is 2. The highest BCUT2D eigenvalue weighted by molar-refractivity contribution is 6.32. The summed E-state index contributed by atoms with van der Waals surface area (Å²) in [5.41, 5.74) is 2.66. The topological polar surface area (TPSA) is 105 Å². The number of rotatable bonds is 8. The molecule has 0 radical (unpaired) electrons. The molecule has 1 aliphatic heterocycles. The predicted octanol–water partition coefficient (Wildman–Crippen LogP) is 4.52. The molecule has 0 bridgehead atoms. The Kier molecular flexibility index (Phi) is 8.39. The maximum atomic E-state index is 12.5. The molecule has 2 aliphatic rings. The molecule has 0 atom stereocenters. The lowest BCUT2D eigenvalue weighted by Gasteiger charge is -2.14. The lowest BCUT2D eigenvalue weighted by molar-refractivity contribution is -0.137. The molecule has 2 aromatic rings. The summed E-state index contributed by atoms with van der Waals surface area (Å²) in [6.45, 7) is 5.05. The van der Waals surface area contributed by atoms with Crippen LogP contribution < -0.4 is 14.8 Å². The number of anilines is 1. The van der Waals surface area contributed by atoms with Gasteiger partial charge in [0.2, 0.25) is 5.91 Å². The van der Waals surface area contributed by atoms with Gasteiger partial charge in [-0.3, -0.25) is 14.4 Å². The Bertz CT molecular complexity index is 1080. The molecule has 1 saturated carbocycles. The second-order valence-corrected chi connectivity index (χ2v) is 8.58. The lowest BCUT2D eigenvalue weighted by Crippen LogP contribution is -2.27. The van der Waals surface area contributed by atoms with Gasteiger partial charge in [0.1, 0.15) is 0 Å². The summed E-state index contributed by atoms with van der Waals surface area (Å²) in [5, 5.41) is 12.0. The van der Waals surface area contributed by atoms with E-state index in [1.165, 1.54) is 10.5 Å². The summed E-state index contributed by atoms with van der Waals surface area (Å²) in [5.74, 6) is 0.316. The third-order valence-electron chi connectivity index (χ3n) is 5.53. The molecule has 0 saturated heterocycles. The Balaban J connectivity index is 0.000000229. The summed E-state index contributed by atoms with van der Waals surface area (Å²) in [7, 11) is 1.65. The monoisotopic (exact) mass is 488 g/mol. The fourth-order valence-corrected chi connectivity index (χ4v) is 3.81. The zero-order chi connectivity index (χ0) is 24.8. The van der Waals surface area contributed by atoms with Gasteiger partial charge in [-0.2, -0.15) is 0 Å². The van der Waals surface area contributed by atoms with E-state index in [-0.39, 0.29) is 37.2 Å². The first-order valence-electron chi connectivity index (χ1n) is 11.2. The van der Waals surface area contributed by atoms with Gasteiger partial charge in [-0.1, -0.05) is 17.7 Å². The average molecular weight is 489 g/mol. The van der Waals surface area contributed by atoms with Crippen molar-refractivity contribution in [2.24, 2.45) is 5.92 Å². The number of carbonyl (C=O) groups is 3. The third-order valence-corrected chi connectivity index (χ3v) is 5.88. The number of hydrogen-bond acceptors (Lipinski definition) is 5. The maximum absolute atomic E-state index is 12.5. The number of nitrogens with zero attached hydrogens (tertiary/aromatic N) is 1. The molecule has 2 N–H and O–H groups in total. The highest BCUT2D eigenvalue weighted by atomic mass is 35.5. The van der Waals surface area contributed by atoms with Gasteiger partial charge in [-0.25, -0.2) is 0 Å². The van der Waals surface area contributed by atoms with Crippen LogP contribution in [0.25, 0.3) is 0 Å². The van der Waals surface area contributed by atoms with Gasteiger partial charge in [0, 0.05) is 29.6 Å². The number of nitrogens with one attached hydrogen (secondary N) is 1. The van der Waals surface area contributed by atoms with E-state index >= 15 is 0 Å². The molecular weight excluding hydrogens is 460 g/mol. The first-order valence-corrected chi connectivity index (χ1v) is 11.5. The number of aryl methyl sites for hydroxylation is 1. The predicted molar refractivity (Wildman–Crippen MR) is 129 cm³/mol. The Hall–Kier alpha value is -3.26. The molecule has 0 aromatic heterocycles. The van der Waals surface area contributed by atoms with Crippen LogP contribution in [-0.2, 0) is 16.1 Å². The van der Waals surface area contributed by atoms with Gasteiger partial charge >= 0.3 is 5.97 Å². The smallest absolute Gasteiger partial charge is 0.305 e. The van der Waals surface area contributed by atoms with Crippen LogP contribution in [0.1, 0.15) is 47.7 Å². The van der Waals surface area contributed by atoms with Crippen molar-refractivity contribution in [1.82, 2.24) is 4.90 Å². The molecule has 1 aliphatic carbocycles. The first-order chi connectivity index (χ1) is 16.2. The van der Waals surface area contributed by atoms with E-state index in [4.69, 9.17) is 26.2 Å². The average Bonchev–Trinajstić information content (AvgIpc) is 3.59. The van der Waals surface area contributed by atoms with Crippen molar-refractivity contribution in [1.29, 1.82) is 0 Å². The molecule has 182 valence electrons. The Morgan fingerprint density at radius 2 is 1.94 bits per heavy atom. The Morgan fingerprint density at radius 1 is 1.21 bits per heavy atom. The van der Waals surface area contributed by atoms with Crippen molar-refractivity contribution in [3.05, 3.63) is 52.0 Å². The van der Waals surface area contributed by atoms with E-state index in [2.05, 4.69) is 5.32 Å². The molecular formula is C25H29ClN2O6. The SMILES string of the molecule is CCOc1cc(C)ccc1OC.O=C(O)CCN1Cc2c(Cl)ccc(NC(=O)C3CC3)c2C1=O. The molecule has 1 fully saturated rings. The number of ether oxygens (including phenoxy) is 2. The summed E-state index contributed by atoms with van der Waals surface area (Å²) < 4.78 is 10.5. The number of carbonyl (C=O) groups excluding carboxylic acids is 2. The van der Waals surface area contributed by atoms with Crippen LogP contribution in [0, 0.1) is 12.8 Å². The van der Waals surface area contributed by atoms with Crippen molar-refractivity contribution in [2.75, 3.05) is 25.6 Å². The van der Waals surface area contributed by atoms with Crippen LogP contribution in [0.4, 0.5) is 5.69 Å². The number of amides is 2. The largest absolute Gasteiger partial charge is 0.493 e. The summed E-state index contributed by atoms with van der Waals surface area (Å²) in [6.07, 6.45) is 1.63. The zero-order valence-electron chi connectivity index (χ0n) is 19.5.